The van der Waals surface area contributed by atoms with Crippen LogP contribution in [0.1, 0.15) is 55.1 Å². The van der Waals surface area contributed by atoms with Crippen LogP contribution in [-0.4, -0.2) is 36.5 Å². The summed E-state index contributed by atoms with van der Waals surface area (Å²) in [6.45, 7) is 8.35. The Morgan fingerprint density at radius 2 is 1.90 bits per heavy atom. The number of carbonyl (C=O) groups is 1. The number of methoxy groups -OCH3 is 1. The molecule has 1 heterocycles. The highest BCUT2D eigenvalue weighted by Crippen LogP contribution is 2.42. The van der Waals surface area contributed by atoms with Gasteiger partial charge in [0.05, 0.1) is 13.2 Å². The van der Waals surface area contributed by atoms with E-state index in [1.807, 2.05) is 26.0 Å². The van der Waals surface area contributed by atoms with Crippen molar-refractivity contribution in [3.8, 4) is 11.5 Å². The zero-order chi connectivity index (χ0) is 21.3. The van der Waals surface area contributed by atoms with Gasteiger partial charge in [-0.3, -0.25) is 9.69 Å². The molecule has 0 spiro atoms. The standard InChI is InChI=1S/C26H33NO3/c1-17(2)30-25-14-21-13-22(26(28)23(21)15-24(25)29-4)20-10-11-27(18(3)12-20)16-19-8-6-5-7-9-19/h5-9,14-15,17-18,20,22H,10-13,16H2,1-4H3. The lowest BCUT2D eigenvalue weighted by Crippen LogP contribution is -2.42. The molecule has 2 aliphatic rings. The predicted octanol–water partition coefficient (Wildman–Crippen LogP) is 5.14. The topological polar surface area (TPSA) is 38.8 Å². The van der Waals surface area contributed by atoms with Gasteiger partial charge in [-0.15, -0.1) is 0 Å². The van der Waals surface area contributed by atoms with Gasteiger partial charge in [-0.05, 0) is 75.8 Å². The van der Waals surface area contributed by atoms with E-state index in [0.717, 1.165) is 49.2 Å². The lowest BCUT2D eigenvalue weighted by Gasteiger charge is -2.39. The second kappa shape index (κ2) is 8.81. The minimum Gasteiger partial charge on any atom is -0.493 e. The Morgan fingerprint density at radius 1 is 1.13 bits per heavy atom. The van der Waals surface area contributed by atoms with Gasteiger partial charge < -0.3 is 9.47 Å². The molecule has 3 atom stereocenters. The van der Waals surface area contributed by atoms with E-state index in [1.54, 1.807) is 7.11 Å². The third-order valence-corrected chi connectivity index (χ3v) is 6.65. The number of rotatable bonds is 6. The van der Waals surface area contributed by atoms with Crippen molar-refractivity contribution in [1.82, 2.24) is 4.90 Å². The smallest absolute Gasteiger partial charge is 0.166 e. The summed E-state index contributed by atoms with van der Waals surface area (Å²) in [5, 5.41) is 0. The maximum atomic E-state index is 13.3. The van der Waals surface area contributed by atoms with Crippen molar-refractivity contribution < 1.29 is 14.3 Å². The number of fused-ring (bicyclic) bond motifs is 1. The molecule has 0 aromatic heterocycles. The molecular weight excluding hydrogens is 374 g/mol. The summed E-state index contributed by atoms with van der Waals surface area (Å²) in [5.41, 5.74) is 3.30. The number of likely N-dealkylation sites (tertiary alicyclic amines) is 1. The monoisotopic (exact) mass is 407 g/mol. The maximum absolute atomic E-state index is 13.3. The first-order valence-corrected chi connectivity index (χ1v) is 11.2. The number of ether oxygens (including phenoxy) is 2. The Kier molecular flexibility index (Phi) is 6.14. The zero-order valence-electron chi connectivity index (χ0n) is 18.6. The zero-order valence-corrected chi connectivity index (χ0v) is 18.6. The second-order valence-electron chi connectivity index (χ2n) is 9.09. The van der Waals surface area contributed by atoms with Crippen LogP contribution < -0.4 is 9.47 Å². The molecule has 1 saturated heterocycles. The van der Waals surface area contributed by atoms with Crippen LogP contribution in [0.2, 0.25) is 0 Å². The molecular formula is C26H33NO3. The molecule has 160 valence electrons. The third-order valence-electron chi connectivity index (χ3n) is 6.65. The van der Waals surface area contributed by atoms with Crippen LogP contribution >= 0.6 is 0 Å². The van der Waals surface area contributed by atoms with Crippen LogP contribution in [0.15, 0.2) is 42.5 Å². The molecule has 3 unspecified atom stereocenters. The molecule has 0 amide bonds. The van der Waals surface area contributed by atoms with Gasteiger partial charge in [0.15, 0.2) is 17.3 Å². The summed E-state index contributed by atoms with van der Waals surface area (Å²) in [6, 6.07) is 15.1. The third kappa shape index (κ3) is 4.24. The van der Waals surface area contributed by atoms with E-state index >= 15 is 0 Å². The van der Waals surface area contributed by atoms with E-state index in [1.165, 1.54) is 5.56 Å². The number of Topliss-reactive ketones (excluding diaryl/α,β-unsaturated/α-hetero) is 1. The van der Waals surface area contributed by atoms with Crippen molar-refractivity contribution in [2.24, 2.45) is 11.8 Å². The Bertz CT molecular complexity index is 893. The Hall–Kier alpha value is -2.33. The summed E-state index contributed by atoms with van der Waals surface area (Å²) in [6.07, 6.45) is 3.04. The summed E-state index contributed by atoms with van der Waals surface area (Å²) >= 11 is 0. The quantitative estimate of drug-likeness (QED) is 0.665. The number of benzene rings is 2. The molecule has 2 aromatic carbocycles. The highest BCUT2D eigenvalue weighted by Gasteiger charge is 2.40. The van der Waals surface area contributed by atoms with Crippen LogP contribution in [-0.2, 0) is 13.0 Å². The first-order valence-electron chi connectivity index (χ1n) is 11.2. The highest BCUT2D eigenvalue weighted by molar-refractivity contribution is 6.03. The van der Waals surface area contributed by atoms with E-state index in [0.29, 0.717) is 17.7 Å². The molecule has 0 radical (unpaired) electrons. The Morgan fingerprint density at radius 3 is 2.57 bits per heavy atom. The fourth-order valence-electron chi connectivity index (χ4n) is 5.09. The summed E-state index contributed by atoms with van der Waals surface area (Å²) in [7, 11) is 1.63. The molecule has 0 bridgehead atoms. The van der Waals surface area contributed by atoms with Crippen LogP contribution in [0, 0.1) is 11.8 Å². The lowest BCUT2D eigenvalue weighted by atomic mass is 9.79. The molecule has 2 aromatic rings. The predicted molar refractivity (Wildman–Crippen MR) is 119 cm³/mol. The van der Waals surface area contributed by atoms with E-state index in [2.05, 4.69) is 42.2 Å². The summed E-state index contributed by atoms with van der Waals surface area (Å²) in [4.78, 5) is 15.8. The van der Waals surface area contributed by atoms with E-state index in [4.69, 9.17) is 9.47 Å². The van der Waals surface area contributed by atoms with Gasteiger partial charge in [0, 0.05) is 24.1 Å². The minimum absolute atomic E-state index is 0.0691. The minimum atomic E-state index is 0.0691. The lowest BCUT2D eigenvalue weighted by molar-refractivity contribution is 0.0701. The van der Waals surface area contributed by atoms with Crippen LogP contribution in [0.5, 0.6) is 11.5 Å². The van der Waals surface area contributed by atoms with Gasteiger partial charge in [0.1, 0.15) is 0 Å². The van der Waals surface area contributed by atoms with E-state index < -0.39 is 0 Å². The van der Waals surface area contributed by atoms with Crippen LogP contribution in [0.3, 0.4) is 0 Å². The van der Waals surface area contributed by atoms with Gasteiger partial charge in [-0.2, -0.15) is 0 Å². The molecule has 1 fully saturated rings. The molecule has 0 saturated carbocycles. The van der Waals surface area contributed by atoms with Gasteiger partial charge >= 0.3 is 0 Å². The molecule has 1 aliphatic heterocycles. The Labute approximate surface area is 180 Å². The normalized spacial score (nSPS) is 24.2. The van der Waals surface area contributed by atoms with Crippen LogP contribution in [0.25, 0.3) is 0 Å². The average Bonchev–Trinajstić information content (AvgIpc) is 3.05. The molecule has 1 aliphatic carbocycles. The van der Waals surface area contributed by atoms with Crippen molar-refractivity contribution in [3.63, 3.8) is 0 Å². The van der Waals surface area contributed by atoms with Crippen molar-refractivity contribution in [1.29, 1.82) is 0 Å². The second-order valence-corrected chi connectivity index (χ2v) is 9.09. The number of carbonyl (C=O) groups excluding carboxylic acids is 1. The SMILES string of the molecule is COc1cc2c(cc1OC(C)C)CC(C1CCN(Cc3ccccc3)C(C)C1)C2=O. The van der Waals surface area contributed by atoms with Crippen molar-refractivity contribution in [3.05, 3.63) is 59.2 Å². The molecule has 4 nitrogen and oxygen atoms in total. The summed E-state index contributed by atoms with van der Waals surface area (Å²) < 4.78 is 11.4. The summed E-state index contributed by atoms with van der Waals surface area (Å²) in [5.74, 6) is 2.20. The largest absolute Gasteiger partial charge is 0.493 e. The van der Waals surface area contributed by atoms with E-state index in [9.17, 15) is 4.79 Å². The van der Waals surface area contributed by atoms with Crippen molar-refractivity contribution in [2.45, 2.75) is 58.7 Å². The van der Waals surface area contributed by atoms with Gasteiger partial charge in [-0.25, -0.2) is 0 Å². The fourth-order valence-corrected chi connectivity index (χ4v) is 5.09. The van der Waals surface area contributed by atoms with Gasteiger partial charge in [0.25, 0.3) is 0 Å². The number of nitrogens with zero attached hydrogens (tertiary/aromatic N) is 1. The molecule has 30 heavy (non-hydrogen) atoms. The maximum Gasteiger partial charge on any atom is 0.166 e. The van der Waals surface area contributed by atoms with Crippen molar-refractivity contribution >= 4 is 5.78 Å². The number of hydrogen-bond acceptors (Lipinski definition) is 4. The molecule has 0 N–H and O–H groups in total. The van der Waals surface area contributed by atoms with Gasteiger partial charge in [-0.1, -0.05) is 30.3 Å². The van der Waals surface area contributed by atoms with E-state index in [-0.39, 0.29) is 17.8 Å². The molecule has 4 heteroatoms. The van der Waals surface area contributed by atoms with Crippen LogP contribution in [0.4, 0.5) is 0 Å². The van der Waals surface area contributed by atoms with Gasteiger partial charge in [0.2, 0.25) is 0 Å². The number of piperidine rings is 1. The average molecular weight is 408 g/mol. The molecule has 4 rings (SSSR count). The fraction of sp³-hybridized carbons (Fsp3) is 0.500. The number of hydrogen-bond donors (Lipinski definition) is 0. The highest BCUT2D eigenvalue weighted by atomic mass is 16.5. The first-order chi connectivity index (χ1) is 14.5. The first kappa shape index (κ1) is 20.9. The van der Waals surface area contributed by atoms with Crippen molar-refractivity contribution in [2.75, 3.05) is 13.7 Å². The number of ketones is 1. The Balaban J connectivity index is 1.45.